The van der Waals surface area contributed by atoms with Crippen LogP contribution < -0.4 is 11.1 Å². The predicted molar refractivity (Wildman–Crippen MR) is 76.9 cm³/mol. The number of carbonyl (C=O) groups is 1. The molecule has 0 radical (unpaired) electrons. The molecule has 0 fully saturated rings. The van der Waals surface area contributed by atoms with Crippen LogP contribution in [-0.2, 0) is 4.74 Å². The van der Waals surface area contributed by atoms with Gasteiger partial charge in [-0.25, -0.2) is 9.18 Å². The number of halogens is 2. The summed E-state index contributed by atoms with van der Waals surface area (Å²) < 4.78 is 18.0. The number of methoxy groups -OCH3 is 1. The van der Waals surface area contributed by atoms with E-state index in [0.29, 0.717) is 17.1 Å². The first kappa shape index (κ1) is 14.1. The Kier molecular flexibility index (Phi) is 4.10. The molecule has 0 aromatic heterocycles. The van der Waals surface area contributed by atoms with Crippen LogP contribution in [0.15, 0.2) is 36.4 Å². The van der Waals surface area contributed by atoms with E-state index in [0.717, 1.165) is 0 Å². The quantitative estimate of drug-likeness (QED) is 0.671. The minimum Gasteiger partial charge on any atom is -0.465 e. The molecule has 2 rings (SSSR count). The van der Waals surface area contributed by atoms with E-state index in [2.05, 4.69) is 10.1 Å². The summed E-state index contributed by atoms with van der Waals surface area (Å²) in [6.07, 6.45) is 0. The van der Waals surface area contributed by atoms with Gasteiger partial charge < -0.3 is 15.8 Å². The van der Waals surface area contributed by atoms with E-state index in [9.17, 15) is 9.18 Å². The smallest absolute Gasteiger partial charge is 0.340 e. The maximum Gasteiger partial charge on any atom is 0.340 e. The number of ether oxygens (including phenoxy) is 1. The third-order valence-electron chi connectivity index (χ3n) is 2.59. The lowest BCUT2D eigenvalue weighted by molar-refractivity contribution is 0.0602. The predicted octanol–water partition coefficient (Wildman–Crippen LogP) is 3.59. The zero-order chi connectivity index (χ0) is 14.7. The summed E-state index contributed by atoms with van der Waals surface area (Å²) in [5.74, 6) is -1.02. The van der Waals surface area contributed by atoms with Gasteiger partial charge in [0.15, 0.2) is 0 Å². The fourth-order valence-corrected chi connectivity index (χ4v) is 1.95. The number of carbonyl (C=O) groups excluding carboxylic acids is 1. The van der Waals surface area contributed by atoms with E-state index in [1.54, 1.807) is 18.2 Å². The summed E-state index contributed by atoms with van der Waals surface area (Å²) in [6.45, 7) is 0. The lowest BCUT2D eigenvalue weighted by Crippen LogP contribution is -2.06. The number of benzene rings is 2. The van der Waals surface area contributed by atoms with Crippen LogP contribution in [0.3, 0.4) is 0 Å². The second kappa shape index (κ2) is 5.79. The molecule has 6 heteroatoms. The summed E-state index contributed by atoms with van der Waals surface area (Å²) >= 11 is 5.78. The van der Waals surface area contributed by atoms with Gasteiger partial charge in [-0.05, 0) is 36.4 Å². The highest BCUT2D eigenvalue weighted by molar-refractivity contribution is 6.30. The van der Waals surface area contributed by atoms with Crippen LogP contribution in [-0.4, -0.2) is 13.1 Å². The molecule has 3 N–H and O–H groups in total. The van der Waals surface area contributed by atoms with Gasteiger partial charge in [0.1, 0.15) is 5.82 Å². The molecule has 0 spiro atoms. The van der Waals surface area contributed by atoms with Gasteiger partial charge in [-0.15, -0.1) is 0 Å². The number of nitrogen functional groups attached to an aromatic ring is 1. The number of nitrogens with one attached hydrogen (secondary N) is 1. The molecule has 0 heterocycles. The lowest BCUT2D eigenvalue weighted by Gasteiger charge is -2.12. The van der Waals surface area contributed by atoms with Crippen LogP contribution in [0, 0.1) is 5.82 Å². The summed E-state index contributed by atoms with van der Waals surface area (Å²) in [7, 11) is 1.27. The van der Waals surface area contributed by atoms with Crippen LogP contribution in [0.1, 0.15) is 10.4 Å². The lowest BCUT2D eigenvalue weighted by atomic mass is 10.1. The number of hydrogen-bond donors (Lipinski definition) is 2. The van der Waals surface area contributed by atoms with E-state index in [1.807, 2.05) is 0 Å². The van der Waals surface area contributed by atoms with Crippen molar-refractivity contribution < 1.29 is 13.9 Å². The van der Waals surface area contributed by atoms with E-state index in [-0.39, 0.29) is 10.6 Å². The molecule has 0 atom stereocenters. The van der Waals surface area contributed by atoms with Gasteiger partial charge in [-0.1, -0.05) is 11.6 Å². The fraction of sp³-hybridized carbons (Fsp3) is 0.0714. The maximum atomic E-state index is 13.3. The Balaban J connectivity index is 2.40. The first-order valence-corrected chi connectivity index (χ1v) is 6.08. The van der Waals surface area contributed by atoms with Gasteiger partial charge >= 0.3 is 5.97 Å². The standard InChI is InChI=1S/C14H12ClFN2O2/c1-20-14(19)12-7-10(17)2-3-13(12)18-11-5-8(15)4-9(16)6-11/h2-7,18H,17H2,1H3. The summed E-state index contributed by atoms with van der Waals surface area (Å²) in [5.41, 5.74) is 7.20. The Labute approximate surface area is 120 Å². The molecule has 0 bridgehead atoms. The van der Waals surface area contributed by atoms with Crippen LogP contribution in [0.2, 0.25) is 5.02 Å². The van der Waals surface area contributed by atoms with Crippen molar-refractivity contribution in [2.45, 2.75) is 0 Å². The van der Waals surface area contributed by atoms with Gasteiger partial charge in [-0.2, -0.15) is 0 Å². The Morgan fingerprint density at radius 1 is 1.30 bits per heavy atom. The summed E-state index contributed by atoms with van der Waals surface area (Å²) in [6, 6.07) is 8.72. The van der Waals surface area contributed by atoms with E-state index < -0.39 is 11.8 Å². The van der Waals surface area contributed by atoms with Crippen molar-refractivity contribution in [2.75, 3.05) is 18.2 Å². The highest BCUT2D eigenvalue weighted by atomic mass is 35.5. The monoisotopic (exact) mass is 294 g/mol. The van der Waals surface area contributed by atoms with Gasteiger partial charge in [-0.3, -0.25) is 0 Å². The van der Waals surface area contributed by atoms with Crippen molar-refractivity contribution in [1.82, 2.24) is 0 Å². The molecule has 4 nitrogen and oxygen atoms in total. The van der Waals surface area contributed by atoms with E-state index >= 15 is 0 Å². The maximum absolute atomic E-state index is 13.3. The van der Waals surface area contributed by atoms with Crippen molar-refractivity contribution in [3.8, 4) is 0 Å². The number of esters is 1. The average Bonchev–Trinajstić information content (AvgIpc) is 2.38. The minimum atomic E-state index is -0.540. The number of nitrogens with two attached hydrogens (primary N) is 1. The third-order valence-corrected chi connectivity index (χ3v) is 2.81. The Morgan fingerprint density at radius 2 is 2.05 bits per heavy atom. The van der Waals surface area contributed by atoms with Crippen molar-refractivity contribution in [3.05, 3.63) is 52.8 Å². The molecule has 0 aliphatic carbocycles. The molecule has 2 aromatic rings. The van der Waals surface area contributed by atoms with Gasteiger partial charge in [0.25, 0.3) is 0 Å². The molecule has 0 saturated heterocycles. The molecule has 104 valence electrons. The number of anilines is 3. The van der Waals surface area contributed by atoms with E-state index in [4.69, 9.17) is 17.3 Å². The highest BCUT2D eigenvalue weighted by Gasteiger charge is 2.13. The second-order valence-electron chi connectivity index (χ2n) is 4.08. The normalized spacial score (nSPS) is 10.2. The topological polar surface area (TPSA) is 64.3 Å². The molecule has 20 heavy (non-hydrogen) atoms. The Hall–Kier alpha value is -2.27. The van der Waals surface area contributed by atoms with Gasteiger partial charge in [0, 0.05) is 16.4 Å². The van der Waals surface area contributed by atoms with Gasteiger partial charge in [0.2, 0.25) is 0 Å². The summed E-state index contributed by atoms with van der Waals surface area (Å²) in [5, 5.41) is 3.17. The first-order chi connectivity index (χ1) is 9.49. The van der Waals surface area contributed by atoms with Crippen LogP contribution in [0.4, 0.5) is 21.5 Å². The molecule has 0 aliphatic rings. The minimum absolute atomic E-state index is 0.252. The average molecular weight is 295 g/mol. The fourth-order valence-electron chi connectivity index (χ4n) is 1.73. The van der Waals surface area contributed by atoms with Crippen molar-refractivity contribution in [3.63, 3.8) is 0 Å². The van der Waals surface area contributed by atoms with Crippen LogP contribution in [0.5, 0.6) is 0 Å². The largest absolute Gasteiger partial charge is 0.465 e. The van der Waals surface area contributed by atoms with E-state index in [1.165, 1.54) is 25.3 Å². The number of rotatable bonds is 3. The Bertz CT molecular complexity index is 641. The zero-order valence-corrected chi connectivity index (χ0v) is 11.4. The SMILES string of the molecule is COC(=O)c1cc(N)ccc1Nc1cc(F)cc(Cl)c1. The second-order valence-corrected chi connectivity index (χ2v) is 4.52. The van der Waals surface area contributed by atoms with Crippen LogP contribution in [0.25, 0.3) is 0 Å². The van der Waals surface area contributed by atoms with Crippen molar-refractivity contribution >= 4 is 34.6 Å². The molecular weight excluding hydrogens is 283 g/mol. The summed E-state index contributed by atoms with van der Waals surface area (Å²) in [4.78, 5) is 11.7. The molecule has 2 aromatic carbocycles. The molecule has 0 aliphatic heterocycles. The first-order valence-electron chi connectivity index (χ1n) is 5.70. The molecule has 0 unspecified atom stereocenters. The molecule has 0 saturated carbocycles. The number of hydrogen-bond acceptors (Lipinski definition) is 4. The van der Waals surface area contributed by atoms with Crippen molar-refractivity contribution in [1.29, 1.82) is 0 Å². The molecular formula is C14H12ClFN2O2. The third kappa shape index (κ3) is 3.19. The zero-order valence-electron chi connectivity index (χ0n) is 10.6. The van der Waals surface area contributed by atoms with Crippen molar-refractivity contribution in [2.24, 2.45) is 0 Å². The highest BCUT2D eigenvalue weighted by Crippen LogP contribution is 2.26. The van der Waals surface area contributed by atoms with Crippen LogP contribution >= 0.6 is 11.6 Å². The Morgan fingerprint density at radius 3 is 2.70 bits per heavy atom. The van der Waals surface area contributed by atoms with Gasteiger partial charge in [0.05, 0.1) is 18.4 Å². The molecule has 0 amide bonds.